The molecule has 0 unspecified atom stereocenters. The van der Waals surface area contributed by atoms with E-state index in [2.05, 4.69) is 11.5 Å². The van der Waals surface area contributed by atoms with Gasteiger partial charge in [0.05, 0.1) is 0 Å². The van der Waals surface area contributed by atoms with E-state index in [9.17, 15) is 0 Å². The fraction of sp³-hybridized carbons (Fsp3) is 0.500. The summed E-state index contributed by atoms with van der Waals surface area (Å²) in [5.41, 5.74) is 0. The molecule has 2 aliphatic rings. The fourth-order valence-electron chi connectivity index (χ4n) is 1.93. The van der Waals surface area contributed by atoms with E-state index in [1.807, 2.05) is 6.08 Å². The van der Waals surface area contributed by atoms with Crippen LogP contribution < -0.4 is 0 Å². The number of likely N-dealkylation sites (tertiary alicyclic amines) is 1. The molecule has 0 aromatic carbocycles. The van der Waals surface area contributed by atoms with Crippen molar-refractivity contribution in [1.82, 2.24) is 4.90 Å². The van der Waals surface area contributed by atoms with E-state index in [0.717, 1.165) is 31.2 Å². The maximum absolute atomic E-state index is 5.53. The summed E-state index contributed by atoms with van der Waals surface area (Å²) in [5.74, 6) is 1.74. The topological polar surface area (TPSA) is 21.7 Å². The second-order valence-electron chi connectivity index (χ2n) is 3.78. The fourth-order valence-corrected chi connectivity index (χ4v) is 1.93. The second kappa shape index (κ2) is 4.91. The van der Waals surface area contributed by atoms with Crippen molar-refractivity contribution in [2.45, 2.75) is 25.7 Å². The van der Waals surface area contributed by atoms with Crippen LogP contribution in [0.4, 0.5) is 0 Å². The molecule has 0 N–H and O–H groups in total. The minimum absolute atomic E-state index is 0.718. The van der Waals surface area contributed by atoms with Crippen molar-refractivity contribution in [3.63, 3.8) is 0 Å². The average molecular weight is 207 g/mol. The van der Waals surface area contributed by atoms with E-state index < -0.39 is 0 Å². The van der Waals surface area contributed by atoms with Gasteiger partial charge in [0, 0.05) is 19.5 Å². The first kappa shape index (κ1) is 10.1. The Labute approximate surface area is 90.7 Å². The zero-order chi connectivity index (χ0) is 10.5. The van der Waals surface area contributed by atoms with Crippen molar-refractivity contribution in [2.24, 2.45) is 0 Å². The van der Waals surface area contributed by atoms with Crippen molar-refractivity contribution in [3.8, 4) is 0 Å². The molecule has 0 spiro atoms. The average Bonchev–Trinajstić information content (AvgIpc) is 2.31. The molecule has 2 heterocycles. The molecule has 82 valence electrons. The molecule has 0 radical (unpaired) electrons. The molecule has 0 aliphatic carbocycles. The van der Waals surface area contributed by atoms with Crippen LogP contribution in [0.25, 0.3) is 0 Å². The van der Waals surface area contributed by atoms with Gasteiger partial charge in [-0.1, -0.05) is 6.08 Å². The van der Waals surface area contributed by atoms with Crippen LogP contribution in [0, 0.1) is 0 Å². The molecule has 0 aromatic rings. The van der Waals surface area contributed by atoms with Crippen LogP contribution in [0.1, 0.15) is 25.7 Å². The lowest BCUT2D eigenvalue weighted by molar-refractivity contribution is 0.112. The summed E-state index contributed by atoms with van der Waals surface area (Å²) in [6, 6.07) is 0. The van der Waals surface area contributed by atoms with Crippen LogP contribution in [-0.2, 0) is 9.47 Å². The minimum atomic E-state index is 0.718. The van der Waals surface area contributed by atoms with Gasteiger partial charge in [0.1, 0.15) is 12.5 Å². The Bertz CT molecular complexity index is 284. The molecule has 0 atom stereocenters. The van der Waals surface area contributed by atoms with E-state index in [-0.39, 0.29) is 0 Å². The van der Waals surface area contributed by atoms with Gasteiger partial charge in [-0.2, -0.15) is 0 Å². The van der Waals surface area contributed by atoms with E-state index >= 15 is 0 Å². The van der Waals surface area contributed by atoms with Gasteiger partial charge >= 0.3 is 0 Å². The lowest BCUT2D eigenvalue weighted by atomic mass is 10.1. The van der Waals surface area contributed by atoms with Crippen LogP contribution in [0.2, 0.25) is 0 Å². The summed E-state index contributed by atoms with van der Waals surface area (Å²) in [5, 5.41) is 0. The Balaban J connectivity index is 2.10. The molecule has 0 saturated carbocycles. The summed E-state index contributed by atoms with van der Waals surface area (Å²) in [6.45, 7) is 5.85. The van der Waals surface area contributed by atoms with Gasteiger partial charge in [-0.25, -0.2) is 0 Å². The van der Waals surface area contributed by atoms with Crippen LogP contribution in [-0.4, -0.2) is 18.0 Å². The molecule has 0 bridgehead atoms. The summed E-state index contributed by atoms with van der Waals surface area (Å²) >= 11 is 0. The third kappa shape index (κ3) is 2.35. The van der Waals surface area contributed by atoms with Crippen molar-refractivity contribution >= 4 is 0 Å². The highest BCUT2D eigenvalue weighted by molar-refractivity contribution is 5.09. The number of ether oxygens (including phenoxy) is 2. The van der Waals surface area contributed by atoms with Gasteiger partial charge in [0.25, 0.3) is 0 Å². The molecule has 2 rings (SSSR count). The van der Waals surface area contributed by atoms with E-state index in [1.165, 1.54) is 19.3 Å². The third-order valence-corrected chi connectivity index (χ3v) is 2.66. The maximum Gasteiger partial charge on any atom is 0.234 e. The highest BCUT2D eigenvalue weighted by Gasteiger charge is 2.20. The standard InChI is InChI=1S/C12H17NO2/c1-2-6-11-12(15-10-9-14-11)13-7-4-3-5-8-13/h2,9-10H,1,3-8H2. The summed E-state index contributed by atoms with van der Waals surface area (Å²) in [7, 11) is 0. The number of hydrogen-bond acceptors (Lipinski definition) is 3. The first-order valence-electron chi connectivity index (χ1n) is 5.49. The monoisotopic (exact) mass is 207 g/mol. The van der Waals surface area contributed by atoms with Crippen LogP contribution in [0.15, 0.2) is 36.8 Å². The molecule has 1 fully saturated rings. The Morgan fingerprint density at radius 1 is 1.20 bits per heavy atom. The van der Waals surface area contributed by atoms with Crippen LogP contribution in [0.3, 0.4) is 0 Å². The smallest absolute Gasteiger partial charge is 0.234 e. The molecule has 3 heteroatoms. The predicted octanol–water partition coefficient (Wildman–Crippen LogP) is 2.74. The number of allylic oxidation sites excluding steroid dienone is 1. The number of piperidine rings is 1. The van der Waals surface area contributed by atoms with Gasteiger partial charge in [0.15, 0.2) is 5.76 Å². The van der Waals surface area contributed by atoms with Gasteiger partial charge in [-0.15, -0.1) is 6.58 Å². The lowest BCUT2D eigenvalue weighted by Crippen LogP contribution is -2.31. The van der Waals surface area contributed by atoms with Gasteiger partial charge in [0.2, 0.25) is 5.88 Å². The quantitative estimate of drug-likeness (QED) is 0.664. The van der Waals surface area contributed by atoms with E-state index in [1.54, 1.807) is 12.5 Å². The molecule has 2 aliphatic heterocycles. The van der Waals surface area contributed by atoms with Crippen molar-refractivity contribution in [2.75, 3.05) is 13.1 Å². The highest BCUT2D eigenvalue weighted by Crippen LogP contribution is 2.24. The Morgan fingerprint density at radius 3 is 2.67 bits per heavy atom. The van der Waals surface area contributed by atoms with Crippen LogP contribution >= 0.6 is 0 Å². The molecule has 0 amide bonds. The first-order valence-corrected chi connectivity index (χ1v) is 5.49. The molecule has 15 heavy (non-hydrogen) atoms. The van der Waals surface area contributed by atoms with E-state index in [4.69, 9.17) is 9.47 Å². The summed E-state index contributed by atoms with van der Waals surface area (Å²) in [6.07, 6.45) is 9.51. The molecule has 0 aromatic heterocycles. The summed E-state index contributed by atoms with van der Waals surface area (Å²) < 4.78 is 11.0. The molecular weight excluding hydrogens is 190 g/mol. The zero-order valence-electron chi connectivity index (χ0n) is 8.95. The number of nitrogens with zero attached hydrogens (tertiary/aromatic N) is 1. The largest absolute Gasteiger partial charge is 0.460 e. The Kier molecular flexibility index (Phi) is 3.33. The molecule has 1 saturated heterocycles. The molecule has 3 nitrogen and oxygen atoms in total. The molecular formula is C12H17NO2. The number of rotatable bonds is 3. The Hall–Kier alpha value is -1.38. The number of hydrogen-bond donors (Lipinski definition) is 0. The maximum atomic E-state index is 5.53. The SMILES string of the molecule is C=CCC1=C(N2CCCCC2)OC=CO1. The normalized spacial score (nSPS) is 20.9. The highest BCUT2D eigenvalue weighted by atomic mass is 16.6. The Morgan fingerprint density at radius 2 is 1.93 bits per heavy atom. The van der Waals surface area contributed by atoms with Crippen molar-refractivity contribution < 1.29 is 9.47 Å². The van der Waals surface area contributed by atoms with Crippen LogP contribution in [0.5, 0.6) is 0 Å². The predicted molar refractivity (Wildman–Crippen MR) is 58.6 cm³/mol. The first-order chi connectivity index (χ1) is 7.42. The van der Waals surface area contributed by atoms with Gasteiger partial charge in [-0.05, 0) is 19.3 Å². The van der Waals surface area contributed by atoms with Gasteiger partial charge in [-0.3, -0.25) is 0 Å². The summed E-state index contributed by atoms with van der Waals surface area (Å²) in [4.78, 5) is 2.26. The van der Waals surface area contributed by atoms with E-state index in [0.29, 0.717) is 0 Å². The minimum Gasteiger partial charge on any atom is -0.460 e. The zero-order valence-corrected chi connectivity index (χ0v) is 8.95. The van der Waals surface area contributed by atoms with Crippen molar-refractivity contribution in [3.05, 3.63) is 36.8 Å². The van der Waals surface area contributed by atoms with Gasteiger partial charge < -0.3 is 14.4 Å². The second-order valence-corrected chi connectivity index (χ2v) is 3.78. The lowest BCUT2D eigenvalue weighted by Gasteiger charge is -2.31. The third-order valence-electron chi connectivity index (χ3n) is 2.66. The van der Waals surface area contributed by atoms with Crippen molar-refractivity contribution in [1.29, 1.82) is 0 Å².